The topological polar surface area (TPSA) is 46.2 Å². The van der Waals surface area contributed by atoms with Gasteiger partial charge in [-0.15, -0.1) is 19.0 Å². The Bertz CT molecular complexity index is 393. The summed E-state index contributed by atoms with van der Waals surface area (Å²) in [6.07, 6.45) is 0.676. The summed E-state index contributed by atoms with van der Waals surface area (Å²) in [5, 5.41) is 9.92. The maximum absolute atomic E-state index is 9.92. The van der Waals surface area contributed by atoms with Gasteiger partial charge in [0.1, 0.15) is 5.75 Å². The van der Waals surface area contributed by atoms with Crippen LogP contribution in [0.2, 0.25) is 0 Å². The number of phenolic OH excluding ortho intramolecular Hbond substituents is 1. The van der Waals surface area contributed by atoms with Gasteiger partial charge in [-0.3, -0.25) is 0 Å². The van der Waals surface area contributed by atoms with E-state index in [-0.39, 0.29) is 24.2 Å². The van der Waals surface area contributed by atoms with Crippen LogP contribution in [0.1, 0.15) is 30.5 Å². The van der Waals surface area contributed by atoms with Crippen molar-refractivity contribution in [3.63, 3.8) is 0 Å². The molecule has 0 heterocycles. The highest BCUT2D eigenvalue weighted by Gasteiger charge is 2.16. The van der Waals surface area contributed by atoms with Gasteiger partial charge in [0, 0.05) is 16.1 Å². The lowest BCUT2D eigenvalue weighted by Crippen LogP contribution is -2.11. The zero-order valence-electron chi connectivity index (χ0n) is 9.46. The van der Waals surface area contributed by atoms with E-state index in [2.05, 4.69) is 22.5 Å². The molecule has 0 saturated carbocycles. The lowest BCUT2D eigenvalue weighted by atomic mass is 9.98. The third-order valence-electron chi connectivity index (χ3n) is 2.30. The minimum atomic E-state index is -0.211. The average Bonchev–Trinajstić information content (AvgIpc) is 2.11. The number of nitrogens with two attached hydrogens (primary N) is 1. The lowest BCUT2D eigenvalue weighted by Gasteiger charge is -2.16. The van der Waals surface area contributed by atoms with Gasteiger partial charge in [-0.25, -0.2) is 0 Å². The van der Waals surface area contributed by atoms with E-state index in [4.69, 9.17) is 5.73 Å². The van der Waals surface area contributed by atoms with Crippen LogP contribution in [-0.2, 0) is 0 Å². The van der Waals surface area contributed by atoms with E-state index in [9.17, 15) is 5.11 Å². The zero-order valence-corrected chi connectivity index (χ0v) is 11.9. The molecular formula is C12H17BrClNO. The number of hydrogen-bond acceptors (Lipinski definition) is 2. The van der Waals surface area contributed by atoms with Crippen molar-refractivity contribution in [1.82, 2.24) is 0 Å². The van der Waals surface area contributed by atoms with Gasteiger partial charge in [0.05, 0.1) is 0 Å². The molecule has 1 atom stereocenters. The number of halogens is 2. The predicted molar refractivity (Wildman–Crippen MR) is 74.2 cm³/mol. The molecule has 0 aliphatic rings. The van der Waals surface area contributed by atoms with Gasteiger partial charge >= 0.3 is 0 Å². The fourth-order valence-corrected chi connectivity index (χ4v) is 2.14. The molecule has 0 radical (unpaired) electrons. The molecule has 1 aromatic rings. The second kappa shape index (κ2) is 6.28. The molecule has 0 bridgehead atoms. The Kier molecular flexibility index (Phi) is 6.08. The summed E-state index contributed by atoms with van der Waals surface area (Å²) in [7, 11) is 0. The van der Waals surface area contributed by atoms with Crippen LogP contribution in [0.3, 0.4) is 0 Å². The minimum Gasteiger partial charge on any atom is -0.507 e. The highest BCUT2D eigenvalue weighted by Crippen LogP contribution is 2.35. The molecular weight excluding hydrogens is 289 g/mol. The molecule has 1 aromatic carbocycles. The Hall–Kier alpha value is -0.510. The molecule has 3 N–H and O–H groups in total. The highest BCUT2D eigenvalue weighted by molar-refractivity contribution is 9.10. The summed E-state index contributed by atoms with van der Waals surface area (Å²) in [4.78, 5) is 0. The van der Waals surface area contributed by atoms with Crippen LogP contribution < -0.4 is 5.73 Å². The van der Waals surface area contributed by atoms with Crippen molar-refractivity contribution in [2.45, 2.75) is 26.3 Å². The molecule has 2 nitrogen and oxygen atoms in total. The number of aryl methyl sites for hydroxylation is 1. The monoisotopic (exact) mass is 305 g/mol. The van der Waals surface area contributed by atoms with Crippen LogP contribution in [0.15, 0.2) is 28.8 Å². The third kappa shape index (κ3) is 3.51. The maximum atomic E-state index is 9.92. The molecule has 4 heteroatoms. The molecule has 0 spiro atoms. The quantitative estimate of drug-likeness (QED) is 0.833. The van der Waals surface area contributed by atoms with Crippen molar-refractivity contribution in [3.8, 4) is 5.75 Å². The standard InChI is InChI=1S/C12H16BrNO.ClH/c1-7(2)6-10(14)11-9(13)5-4-8(3)12(11)15;/h4-5,10,15H,1,6,14H2,2-3H3;1H/t10-;/m1./s1. The lowest BCUT2D eigenvalue weighted by molar-refractivity contribution is 0.456. The fourth-order valence-electron chi connectivity index (χ4n) is 1.52. The minimum absolute atomic E-state index is 0. The Labute approximate surface area is 111 Å². The van der Waals surface area contributed by atoms with Gasteiger partial charge < -0.3 is 10.8 Å². The first-order valence-corrected chi connectivity index (χ1v) is 5.60. The molecule has 1 rings (SSSR count). The molecule has 0 aliphatic carbocycles. The number of hydrogen-bond donors (Lipinski definition) is 2. The van der Waals surface area contributed by atoms with Gasteiger partial charge in [0.2, 0.25) is 0 Å². The van der Waals surface area contributed by atoms with Crippen molar-refractivity contribution < 1.29 is 5.11 Å². The summed E-state index contributed by atoms with van der Waals surface area (Å²) >= 11 is 3.40. The number of rotatable bonds is 3. The summed E-state index contributed by atoms with van der Waals surface area (Å²) in [6.45, 7) is 7.62. The van der Waals surface area contributed by atoms with E-state index in [1.165, 1.54) is 0 Å². The van der Waals surface area contributed by atoms with Crippen molar-refractivity contribution in [2.24, 2.45) is 5.73 Å². The Balaban J connectivity index is 0.00000225. The summed E-state index contributed by atoms with van der Waals surface area (Å²) in [5.74, 6) is 0.276. The second-order valence-corrected chi connectivity index (χ2v) is 4.75. The van der Waals surface area contributed by atoms with Gasteiger partial charge in [-0.05, 0) is 31.9 Å². The summed E-state index contributed by atoms with van der Waals surface area (Å²) in [6, 6.07) is 3.55. The van der Waals surface area contributed by atoms with Crippen molar-refractivity contribution in [1.29, 1.82) is 0 Å². The molecule has 0 unspecified atom stereocenters. The van der Waals surface area contributed by atoms with Crippen molar-refractivity contribution >= 4 is 28.3 Å². The van der Waals surface area contributed by atoms with Crippen LogP contribution in [0.4, 0.5) is 0 Å². The van der Waals surface area contributed by atoms with E-state index in [0.29, 0.717) is 6.42 Å². The first kappa shape index (κ1) is 15.5. The van der Waals surface area contributed by atoms with E-state index in [1.54, 1.807) is 0 Å². The van der Waals surface area contributed by atoms with E-state index < -0.39 is 0 Å². The first-order chi connectivity index (χ1) is 6.93. The second-order valence-electron chi connectivity index (χ2n) is 3.89. The molecule has 0 saturated heterocycles. The first-order valence-electron chi connectivity index (χ1n) is 4.81. The third-order valence-corrected chi connectivity index (χ3v) is 3.00. The highest BCUT2D eigenvalue weighted by atomic mass is 79.9. The van der Waals surface area contributed by atoms with Gasteiger partial charge in [0.25, 0.3) is 0 Å². The molecule has 0 aliphatic heterocycles. The summed E-state index contributed by atoms with van der Waals surface area (Å²) < 4.78 is 0.847. The molecule has 0 fully saturated rings. The summed E-state index contributed by atoms with van der Waals surface area (Å²) in [5.41, 5.74) is 8.63. The van der Waals surface area contributed by atoms with Gasteiger partial charge in [-0.2, -0.15) is 0 Å². The average molecular weight is 307 g/mol. The van der Waals surface area contributed by atoms with E-state index >= 15 is 0 Å². The van der Waals surface area contributed by atoms with Crippen LogP contribution in [0.5, 0.6) is 5.75 Å². The normalized spacial score (nSPS) is 11.8. The van der Waals surface area contributed by atoms with Crippen LogP contribution >= 0.6 is 28.3 Å². The van der Waals surface area contributed by atoms with E-state index in [0.717, 1.165) is 21.2 Å². The molecule has 0 aromatic heterocycles. The SMILES string of the molecule is C=C(C)C[C@@H](N)c1c(Br)ccc(C)c1O.Cl. The van der Waals surface area contributed by atoms with Gasteiger partial charge in [-0.1, -0.05) is 27.6 Å². The maximum Gasteiger partial charge on any atom is 0.124 e. The number of benzene rings is 1. The molecule has 16 heavy (non-hydrogen) atoms. The van der Waals surface area contributed by atoms with Crippen LogP contribution in [-0.4, -0.2) is 5.11 Å². The predicted octanol–water partition coefficient (Wildman–Crippen LogP) is 3.85. The Morgan fingerprint density at radius 1 is 1.56 bits per heavy atom. The van der Waals surface area contributed by atoms with Crippen molar-refractivity contribution in [2.75, 3.05) is 0 Å². The smallest absolute Gasteiger partial charge is 0.124 e. The molecule has 0 amide bonds. The molecule has 90 valence electrons. The van der Waals surface area contributed by atoms with Gasteiger partial charge in [0.15, 0.2) is 0 Å². The Morgan fingerprint density at radius 2 is 2.12 bits per heavy atom. The van der Waals surface area contributed by atoms with E-state index in [1.807, 2.05) is 26.0 Å². The van der Waals surface area contributed by atoms with Crippen LogP contribution in [0, 0.1) is 6.92 Å². The largest absolute Gasteiger partial charge is 0.507 e. The fraction of sp³-hybridized carbons (Fsp3) is 0.333. The van der Waals surface area contributed by atoms with Crippen LogP contribution in [0.25, 0.3) is 0 Å². The Morgan fingerprint density at radius 3 is 2.62 bits per heavy atom. The zero-order chi connectivity index (χ0) is 11.6. The van der Waals surface area contributed by atoms with Crippen molar-refractivity contribution in [3.05, 3.63) is 39.9 Å². The number of phenols is 1. The number of aromatic hydroxyl groups is 1.